The summed E-state index contributed by atoms with van der Waals surface area (Å²) in [6, 6.07) is 34.6. The molecule has 3 heteroatoms. The molecule has 2 atom stereocenters. The first-order valence-electron chi connectivity index (χ1n) is 24.5. The predicted octanol–water partition coefficient (Wildman–Crippen LogP) is 14.7. The maximum Gasteiger partial charge on any atom is 0.248 e. The lowest BCUT2D eigenvalue weighted by Gasteiger charge is -2.53. The first kappa shape index (κ1) is 41.2. The highest BCUT2D eigenvalue weighted by atomic mass is 15.3. The average molecular weight is 831 g/mol. The van der Waals surface area contributed by atoms with E-state index >= 15 is 0 Å². The number of nitrogens with zero attached hydrogens (tertiary/aromatic N) is 2. The van der Waals surface area contributed by atoms with Gasteiger partial charge >= 0.3 is 0 Å². The van der Waals surface area contributed by atoms with E-state index in [2.05, 4.69) is 199 Å². The molecule has 6 aliphatic rings. The van der Waals surface area contributed by atoms with E-state index < -0.39 is 0 Å². The van der Waals surface area contributed by atoms with Gasteiger partial charge in [-0.15, -0.1) is 0 Å². The zero-order valence-electron chi connectivity index (χ0n) is 41.3. The molecule has 324 valence electrons. The van der Waals surface area contributed by atoms with E-state index in [1.807, 2.05) is 0 Å². The van der Waals surface area contributed by atoms with Gasteiger partial charge in [-0.1, -0.05) is 163 Å². The Morgan fingerprint density at radius 1 is 0.556 bits per heavy atom. The standard InChI is InChI=1S/C60H71BN2/c1-36-29-48-50-49(30-36)63-52-45(59(14)25-19-20-26-60(59,63)15)32-39(55(5,6)7)33-46(52)61(50)53-51(41-34-43-44(35-42(41)58(53,12)13)57(10,11)28-27-56(43,8)9)62(48)47-24-23-38(54(2,3)4)31-40(47)37-21-17-16-18-22-37/h16-18,21-24,29-35H,19-20,25-28H2,1-15H3. The molecule has 2 unspecified atom stereocenters. The number of allylic oxidation sites excluding steroid dienone is 1. The van der Waals surface area contributed by atoms with Crippen LogP contribution in [-0.2, 0) is 32.5 Å². The Morgan fingerprint density at radius 3 is 1.86 bits per heavy atom. The highest BCUT2D eigenvalue weighted by Crippen LogP contribution is 2.65. The molecule has 3 heterocycles. The fourth-order valence-corrected chi connectivity index (χ4v) is 13.8. The van der Waals surface area contributed by atoms with Crippen LogP contribution < -0.4 is 20.7 Å². The molecule has 3 aliphatic carbocycles. The van der Waals surface area contributed by atoms with Crippen molar-refractivity contribution < 1.29 is 0 Å². The van der Waals surface area contributed by atoms with E-state index in [9.17, 15) is 0 Å². The second kappa shape index (κ2) is 12.6. The average Bonchev–Trinajstić information content (AvgIpc) is 3.57. The maximum atomic E-state index is 2.93. The van der Waals surface area contributed by atoms with Crippen LogP contribution in [0.3, 0.4) is 0 Å². The summed E-state index contributed by atoms with van der Waals surface area (Å²) in [6.45, 7) is 37.3. The molecule has 63 heavy (non-hydrogen) atoms. The number of hydrogen-bond acceptors (Lipinski definition) is 2. The van der Waals surface area contributed by atoms with E-state index in [4.69, 9.17) is 0 Å². The second-order valence-corrected chi connectivity index (χ2v) is 25.3. The van der Waals surface area contributed by atoms with E-state index in [-0.39, 0.29) is 44.7 Å². The van der Waals surface area contributed by atoms with Crippen LogP contribution in [0, 0.1) is 6.92 Å². The van der Waals surface area contributed by atoms with Gasteiger partial charge in [-0.05, 0) is 147 Å². The number of hydrogen-bond donors (Lipinski definition) is 0. The van der Waals surface area contributed by atoms with Crippen LogP contribution >= 0.6 is 0 Å². The van der Waals surface area contributed by atoms with Crippen molar-refractivity contribution in [2.75, 3.05) is 9.80 Å². The van der Waals surface area contributed by atoms with Gasteiger partial charge in [-0.25, -0.2) is 0 Å². The van der Waals surface area contributed by atoms with Gasteiger partial charge in [0.05, 0.1) is 11.2 Å². The molecule has 3 aliphatic heterocycles. The highest BCUT2D eigenvalue weighted by Gasteiger charge is 2.63. The van der Waals surface area contributed by atoms with E-state index in [1.54, 1.807) is 22.2 Å². The molecule has 0 radical (unpaired) electrons. The molecule has 2 nitrogen and oxygen atoms in total. The number of rotatable bonds is 2. The van der Waals surface area contributed by atoms with Crippen LogP contribution in [-0.4, -0.2) is 12.3 Å². The topological polar surface area (TPSA) is 6.48 Å². The summed E-state index contributed by atoms with van der Waals surface area (Å²) in [4.78, 5) is 5.72. The molecule has 1 fully saturated rings. The smallest absolute Gasteiger partial charge is 0.248 e. The van der Waals surface area contributed by atoms with Gasteiger partial charge in [0.15, 0.2) is 0 Å². The molecule has 5 aromatic carbocycles. The summed E-state index contributed by atoms with van der Waals surface area (Å²) in [5.41, 5.74) is 26.0. The van der Waals surface area contributed by atoms with Gasteiger partial charge in [0, 0.05) is 44.7 Å². The van der Waals surface area contributed by atoms with Gasteiger partial charge < -0.3 is 9.80 Å². The number of fused-ring (bicyclic) bond motifs is 9. The zero-order chi connectivity index (χ0) is 44.8. The van der Waals surface area contributed by atoms with Gasteiger partial charge in [0.25, 0.3) is 0 Å². The predicted molar refractivity (Wildman–Crippen MR) is 272 cm³/mol. The van der Waals surface area contributed by atoms with Crippen LogP contribution in [0.2, 0.25) is 0 Å². The minimum Gasteiger partial charge on any atom is -0.335 e. The van der Waals surface area contributed by atoms with Gasteiger partial charge in [-0.3, -0.25) is 0 Å². The van der Waals surface area contributed by atoms with Crippen LogP contribution in [0.25, 0.3) is 16.8 Å². The molecule has 0 bridgehead atoms. The fourth-order valence-electron chi connectivity index (χ4n) is 13.8. The number of aryl methyl sites for hydroxylation is 1. The lowest BCUT2D eigenvalue weighted by molar-refractivity contribution is 0.195. The minimum atomic E-state index is -0.232. The van der Waals surface area contributed by atoms with E-state index in [0.717, 1.165) is 0 Å². The molecule has 5 aromatic rings. The molecule has 0 N–H and O–H groups in total. The first-order chi connectivity index (χ1) is 29.4. The highest BCUT2D eigenvalue weighted by molar-refractivity contribution is 6.96. The summed E-state index contributed by atoms with van der Waals surface area (Å²) < 4.78 is 0. The van der Waals surface area contributed by atoms with Crippen molar-refractivity contribution in [3.63, 3.8) is 0 Å². The zero-order valence-corrected chi connectivity index (χ0v) is 41.3. The van der Waals surface area contributed by atoms with Gasteiger partial charge in [0.1, 0.15) is 0 Å². The lowest BCUT2D eigenvalue weighted by Crippen LogP contribution is -2.62. The minimum absolute atomic E-state index is 0.00536. The lowest BCUT2D eigenvalue weighted by atomic mass is 9.30. The van der Waals surface area contributed by atoms with E-state index in [0.29, 0.717) is 0 Å². The first-order valence-corrected chi connectivity index (χ1v) is 24.5. The normalized spacial score (nSPS) is 24.4. The molecular formula is C60H71BN2. The van der Waals surface area contributed by atoms with Gasteiger partial charge in [-0.2, -0.15) is 0 Å². The third-order valence-corrected chi connectivity index (χ3v) is 18.0. The molecule has 0 saturated heterocycles. The Balaban J connectivity index is 1.32. The van der Waals surface area contributed by atoms with Crippen molar-refractivity contribution in [2.45, 2.75) is 180 Å². The van der Waals surface area contributed by atoms with Crippen molar-refractivity contribution in [1.82, 2.24) is 0 Å². The Hall–Kier alpha value is -4.50. The quantitative estimate of drug-likeness (QED) is 0.164. The Kier molecular flexibility index (Phi) is 8.27. The molecule has 0 amide bonds. The van der Waals surface area contributed by atoms with Crippen molar-refractivity contribution in [3.05, 3.63) is 135 Å². The van der Waals surface area contributed by atoms with Crippen molar-refractivity contribution in [2.24, 2.45) is 0 Å². The largest absolute Gasteiger partial charge is 0.335 e. The number of anilines is 4. The third kappa shape index (κ3) is 5.38. The van der Waals surface area contributed by atoms with Crippen LogP contribution in [0.15, 0.2) is 90.4 Å². The van der Waals surface area contributed by atoms with Gasteiger partial charge in [0.2, 0.25) is 6.71 Å². The molecule has 11 rings (SSSR count). The maximum absolute atomic E-state index is 2.93. The molecule has 0 aromatic heterocycles. The fraction of sp³-hybridized carbons (Fsp3) is 0.467. The third-order valence-electron chi connectivity index (χ3n) is 18.0. The Morgan fingerprint density at radius 2 is 1.19 bits per heavy atom. The Labute approximate surface area is 380 Å². The second-order valence-electron chi connectivity index (χ2n) is 25.3. The van der Waals surface area contributed by atoms with E-state index in [1.165, 1.54) is 117 Å². The van der Waals surface area contributed by atoms with Crippen LogP contribution in [0.1, 0.15) is 180 Å². The number of benzene rings is 5. The van der Waals surface area contributed by atoms with Crippen LogP contribution in [0.4, 0.5) is 22.7 Å². The van der Waals surface area contributed by atoms with Crippen molar-refractivity contribution >= 4 is 46.1 Å². The summed E-state index contributed by atoms with van der Waals surface area (Å²) >= 11 is 0. The molecule has 0 spiro atoms. The monoisotopic (exact) mass is 831 g/mol. The SMILES string of the molecule is Cc1cc2c3c(c1)N1c4c(cc(C(C)(C)C)cc4C4(C)CCCCC14C)B3C1=C(c3cc4c(cc3C1(C)C)C(C)(C)CCC4(C)C)N2c1ccc(C(C)(C)C)cc1-c1ccccc1. The summed E-state index contributed by atoms with van der Waals surface area (Å²) in [5.74, 6) is 0. The Bertz CT molecular complexity index is 2840. The summed E-state index contributed by atoms with van der Waals surface area (Å²) in [7, 11) is 0. The summed E-state index contributed by atoms with van der Waals surface area (Å²) in [6.07, 6.45) is 7.41. The summed E-state index contributed by atoms with van der Waals surface area (Å²) in [5, 5.41) is 0. The van der Waals surface area contributed by atoms with Crippen molar-refractivity contribution in [1.29, 1.82) is 0 Å². The van der Waals surface area contributed by atoms with Crippen LogP contribution in [0.5, 0.6) is 0 Å². The van der Waals surface area contributed by atoms with Crippen molar-refractivity contribution in [3.8, 4) is 11.1 Å². The molecular weight excluding hydrogens is 759 g/mol. The molecule has 1 saturated carbocycles.